The molecule has 0 saturated carbocycles. The van der Waals surface area contributed by atoms with E-state index in [1.165, 1.54) is 0 Å². The number of hydrogen-bond donors (Lipinski definition) is 0. The van der Waals surface area contributed by atoms with E-state index in [2.05, 4.69) is 26.6 Å². The summed E-state index contributed by atoms with van der Waals surface area (Å²) < 4.78 is 10.4. The number of nitrogens with zero attached hydrogens (tertiary/aromatic N) is 10. The van der Waals surface area contributed by atoms with E-state index in [0.717, 1.165) is 66.2 Å². The molecule has 0 unspecified atom stereocenters. The summed E-state index contributed by atoms with van der Waals surface area (Å²) in [5.41, 5.74) is 10.0. The minimum atomic E-state index is 0.790. The molecule has 0 fully saturated rings. The molecule has 2 aromatic carbocycles. The highest BCUT2D eigenvalue weighted by Gasteiger charge is 2.31. The molecule has 0 aliphatic carbocycles. The third kappa shape index (κ3) is 3.81. The lowest BCUT2D eigenvalue weighted by atomic mass is 10.1. The summed E-state index contributed by atoms with van der Waals surface area (Å²) in [5.74, 6) is 0. The molecular weight excluding hydrogens is 568 g/mol. The number of benzene rings is 2. The Morgan fingerprint density at radius 3 is 1.40 bits per heavy atom. The van der Waals surface area contributed by atoms with Gasteiger partial charge in [-0.15, -0.1) is 0 Å². The largest absolute Gasteiger partial charge is 0.295 e. The van der Waals surface area contributed by atoms with E-state index in [4.69, 9.17) is 25.4 Å². The van der Waals surface area contributed by atoms with Crippen molar-refractivity contribution >= 4 is 27.0 Å². The number of para-hydroxylation sites is 2. The fourth-order valence-electron chi connectivity index (χ4n) is 5.01. The van der Waals surface area contributed by atoms with Gasteiger partial charge in [-0.2, -0.15) is 20.4 Å². The maximum Gasteiger partial charge on any atom is 0.118 e. The molecule has 5 aromatic heterocycles. The van der Waals surface area contributed by atoms with Gasteiger partial charge in [-0.05, 0) is 78.0 Å². The summed E-state index contributed by atoms with van der Waals surface area (Å²) in [6.07, 6.45) is 17.3. The lowest BCUT2D eigenvalue weighted by Gasteiger charge is -2.25. The second kappa shape index (κ2) is 9.16. The van der Waals surface area contributed by atoms with Gasteiger partial charge in [0.1, 0.15) is 34.8 Å². The summed E-state index contributed by atoms with van der Waals surface area (Å²) >= 11 is 4.00. The first-order valence-corrected chi connectivity index (χ1v) is 13.6. The Kier molecular flexibility index (Phi) is 5.56. The molecule has 10 nitrogen and oxygen atoms in total. The van der Waals surface area contributed by atoms with Crippen molar-refractivity contribution in [3.8, 4) is 28.4 Å². The second-order valence-corrected chi connectivity index (χ2v) is 10.8. The van der Waals surface area contributed by atoms with Crippen LogP contribution in [0.5, 0.6) is 0 Å². The number of aryl methyl sites for hydroxylation is 4. The lowest BCUT2D eigenvalue weighted by Crippen LogP contribution is -2.18. The van der Waals surface area contributed by atoms with Crippen LogP contribution < -0.4 is 0 Å². The van der Waals surface area contributed by atoms with E-state index in [1.54, 1.807) is 0 Å². The Morgan fingerprint density at radius 1 is 0.550 bits per heavy atom. The average Bonchev–Trinajstić information content (AvgIpc) is 3.76. The van der Waals surface area contributed by atoms with Gasteiger partial charge >= 0.3 is 0 Å². The number of rotatable bonds is 5. The van der Waals surface area contributed by atoms with Crippen LogP contribution in [0, 0.1) is 27.7 Å². The van der Waals surface area contributed by atoms with Crippen molar-refractivity contribution in [2.24, 2.45) is 0 Å². The van der Waals surface area contributed by atoms with Crippen LogP contribution in [0.3, 0.4) is 0 Å². The average molecular weight is 593 g/mol. The van der Waals surface area contributed by atoms with Gasteiger partial charge in [0, 0.05) is 24.8 Å². The normalized spacial score (nSPS) is 11.6. The van der Waals surface area contributed by atoms with Crippen LogP contribution >= 0.6 is 15.9 Å². The van der Waals surface area contributed by atoms with E-state index in [-0.39, 0.29) is 0 Å². The van der Waals surface area contributed by atoms with Gasteiger partial charge in [0.25, 0.3) is 0 Å². The van der Waals surface area contributed by atoms with Gasteiger partial charge in [0.05, 0.1) is 40.3 Å². The van der Waals surface area contributed by atoms with Crippen LogP contribution in [0.2, 0.25) is 0 Å². The van der Waals surface area contributed by atoms with E-state index in [0.29, 0.717) is 0 Å². The molecular formula is C29H25BrN10. The van der Waals surface area contributed by atoms with Crippen molar-refractivity contribution in [2.45, 2.75) is 27.7 Å². The van der Waals surface area contributed by atoms with Crippen LogP contribution in [-0.4, -0.2) is 48.7 Å². The number of imidazole rings is 1. The molecule has 0 aliphatic rings. The first-order valence-electron chi connectivity index (χ1n) is 12.8. The first-order chi connectivity index (χ1) is 19.4. The van der Waals surface area contributed by atoms with Crippen LogP contribution in [0.25, 0.3) is 39.5 Å². The van der Waals surface area contributed by atoms with E-state index >= 15 is 0 Å². The molecule has 0 aliphatic heterocycles. The molecule has 7 aromatic rings. The molecule has 40 heavy (non-hydrogen) atoms. The molecule has 0 bridgehead atoms. The highest BCUT2D eigenvalue weighted by atomic mass is 79.9. The van der Waals surface area contributed by atoms with Gasteiger partial charge in [-0.3, -0.25) is 4.57 Å². The van der Waals surface area contributed by atoms with Crippen molar-refractivity contribution in [1.82, 2.24) is 48.7 Å². The first kappa shape index (κ1) is 24.3. The SMILES string of the molecule is Cc1cnn(-c2c(Br)c(-n3cc(C)cn3)c(-n3cc(C)cn3)c(-n3cnc4ccccc43)c2-n2cc(C)cn2)c1. The molecule has 0 saturated heterocycles. The van der Waals surface area contributed by atoms with Gasteiger partial charge < -0.3 is 0 Å². The summed E-state index contributed by atoms with van der Waals surface area (Å²) in [7, 11) is 0. The monoisotopic (exact) mass is 592 g/mol. The molecule has 0 amide bonds. The maximum atomic E-state index is 4.79. The zero-order valence-corrected chi connectivity index (χ0v) is 23.9. The van der Waals surface area contributed by atoms with Crippen LogP contribution in [0.1, 0.15) is 22.3 Å². The molecule has 5 heterocycles. The van der Waals surface area contributed by atoms with E-state index in [9.17, 15) is 0 Å². The topological polar surface area (TPSA) is 89.1 Å². The lowest BCUT2D eigenvalue weighted by molar-refractivity contribution is 0.777. The highest BCUT2D eigenvalue weighted by Crippen LogP contribution is 2.43. The number of aromatic nitrogens is 10. The smallest absolute Gasteiger partial charge is 0.118 e. The summed E-state index contributed by atoms with van der Waals surface area (Å²) in [6, 6.07) is 8.09. The van der Waals surface area contributed by atoms with Crippen LogP contribution in [0.4, 0.5) is 0 Å². The predicted molar refractivity (Wildman–Crippen MR) is 156 cm³/mol. The zero-order chi connectivity index (χ0) is 27.5. The molecule has 0 radical (unpaired) electrons. The molecule has 0 atom stereocenters. The molecule has 7 rings (SSSR count). The Hall–Kier alpha value is -4.77. The fraction of sp³-hybridized carbons (Fsp3) is 0.138. The minimum Gasteiger partial charge on any atom is -0.295 e. The predicted octanol–water partition coefficient (Wildman–Crippen LogP) is 5.76. The number of halogens is 1. The van der Waals surface area contributed by atoms with Crippen molar-refractivity contribution in [1.29, 1.82) is 0 Å². The third-order valence-electron chi connectivity index (χ3n) is 6.77. The van der Waals surface area contributed by atoms with Gasteiger partial charge in [0.2, 0.25) is 0 Å². The second-order valence-electron chi connectivity index (χ2n) is 10.0. The van der Waals surface area contributed by atoms with Gasteiger partial charge in [-0.1, -0.05) is 12.1 Å². The molecule has 198 valence electrons. The Balaban J connectivity index is 1.76. The van der Waals surface area contributed by atoms with Crippen LogP contribution in [0.15, 0.2) is 84.6 Å². The molecule has 11 heteroatoms. The highest BCUT2D eigenvalue weighted by molar-refractivity contribution is 9.10. The number of fused-ring (bicyclic) bond motifs is 1. The van der Waals surface area contributed by atoms with Crippen molar-refractivity contribution in [3.05, 3.63) is 107 Å². The van der Waals surface area contributed by atoms with Crippen molar-refractivity contribution in [2.75, 3.05) is 0 Å². The summed E-state index contributed by atoms with van der Waals surface area (Å²) in [6.45, 7) is 8.11. The zero-order valence-electron chi connectivity index (χ0n) is 22.4. The maximum absolute atomic E-state index is 4.79. The Labute approximate surface area is 238 Å². The van der Waals surface area contributed by atoms with Crippen molar-refractivity contribution < 1.29 is 0 Å². The van der Waals surface area contributed by atoms with E-state index in [1.807, 2.05) is 121 Å². The quantitative estimate of drug-likeness (QED) is 0.253. The number of hydrogen-bond acceptors (Lipinski definition) is 5. The Morgan fingerprint density at radius 2 is 0.975 bits per heavy atom. The van der Waals surface area contributed by atoms with Gasteiger partial charge in [0.15, 0.2) is 0 Å². The van der Waals surface area contributed by atoms with E-state index < -0.39 is 0 Å². The van der Waals surface area contributed by atoms with Crippen LogP contribution in [-0.2, 0) is 0 Å². The minimum absolute atomic E-state index is 0.790. The standard InChI is InChI=1S/C29H25BrN10/c1-18-9-32-37(13-18)25-24(30)26(38-14-19(2)10-33-38)29(40-16-21(4)12-35-40)27(28(25)39-15-20(3)11-34-39)36-17-31-22-7-5-6-8-23(22)36/h5-17H,1-4H3. The Bertz CT molecular complexity index is 1930. The summed E-state index contributed by atoms with van der Waals surface area (Å²) in [4.78, 5) is 4.76. The molecule has 0 N–H and O–H groups in total. The van der Waals surface area contributed by atoms with Gasteiger partial charge in [-0.25, -0.2) is 23.7 Å². The third-order valence-corrected chi connectivity index (χ3v) is 7.52. The molecule has 0 spiro atoms. The summed E-state index contributed by atoms with van der Waals surface area (Å²) in [5, 5.41) is 19.1. The fourth-order valence-corrected chi connectivity index (χ4v) is 5.75. The van der Waals surface area contributed by atoms with Crippen molar-refractivity contribution in [3.63, 3.8) is 0 Å².